The average molecular weight is 430 g/mol. The van der Waals surface area contributed by atoms with Gasteiger partial charge in [-0.2, -0.15) is 0 Å². The molecule has 1 aromatic carbocycles. The van der Waals surface area contributed by atoms with Crippen molar-refractivity contribution in [3.05, 3.63) is 42.2 Å². The monoisotopic (exact) mass is 429 g/mol. The van der Waals surface area contributed by atoms with Crippen LogP contribution in [0.5, 0.6) is 0 Å². The molecule has 1 aromatic heterocycles. The van der Waals surface area contributed by atoms with Gasteiger partial charge in [-0.15, -0.1) is 5.10 Å². The molecule has 3 atom stereocenters. The Kier molecular flexibility index (Phi) is 6.84. The number of nitrogens with one attached hydrogen (secondary N) is 2. The molecular formula is C22H31N5O4. The lowest BCUT2D eigenvalue weighted by molar-refractivity contribution is -0.0905. The highest BCUT2D eigenvalue weighted by atomic mass is 16.5. The Morgan fingerprint density at radius 2 is 2.00 bits per heavy atom. The van der Waals surface area contributed by atoms with E-state index in [4.69, 9.17) is 4.74 Å². The number of aromatic nitrogens is 3. The fraction of sp³-hybridized carbons (Fsp3) is 0.591. The number of aliphatic hydroxyl groups excluding tert-OH is 1. The molecule has 2 aromatic rings. The molecule has 0 radical (unpaired) electrons. The topological polar surface area (TPSA) is 122 Å². The quantitative estimate of drug-likeness (QED) is 0.535. The minimum Gasteiger partial charge on any atom is -0.394 e. The number of hydrogen-bond donors (Lipinski definition) is 4. The number of benzene rings is 1. The zero-order valence-corrected chi connectivity index (χ0v) is 17.6. The highest BCUT2D eigenvalue weighted by molar-refractivity contribution is 5.89. The highest BCUT2D eigenvalue weighted by Crippen LogP contribution is 2.37. The molecule has 0 unspecified atom stereocenters. The van der Waals surface area contributed by atoms with E-state index in [1.54, 1.807) is 4.68 Å². The van der Waals surface area contributed by atoms with Gasteiger partial charge in [-0.1, -0.05) is 36.3 Å². The smallest absolute Gasteiger partial charge is 0.319 e. The van der Waals surface area contributed by atoms with Crippen molar-refractivity contribution in [3.63, 3.8) is 0 Å². The Hall–Kier alpha value is -2.49. The van der Waals surface area contributed by atoms with Gasteiger partial charge in [-0.3, -0.25) is 4.68 Å². The lowest BCUT2D eigenvalue weighted by Gasteiger charge is -2.36. The summed E-state index contributed by atoms with van der Waals surface area (Å²) in [7, 11) is 0. The molecule has 31 heavy (non-hydrogen) atoms. The number of rotatable bonds is 7. The maximum Gasteiger partial charge on any atom is 0.319 e. The number of aryl methyl sites for hydroxylation is 1. The van der Waals surface area contributed by atoms with Gasteiger partial charge >= 0.3 is 6.03 Å². The number of anilines is 1. The highest BCUT2D eigenvalue weighted by Gasteiger charge is 2.36. The fourth-order valence-electron chi connectivity index (χ4n) is 4.48. The molecule has 9 nitrogen and oxygen atoms in total. The van der Waals surface area contributed by atoms with Crippen LogP contribution in [0.1, 0.15) is 50.6 Å². The van der Waals surface area contributed by atoms with Crippen molar-refractivity contribution in [2.75, 3.05) is 11.9 Å². The predicted molar refractivity (Wildman–Crippen MR) is 114 cm³/mol. The predicted octanol–water partition coefficient (Wildman–Crippen LogP) is 2.16. The second-order valence-corrected chi connectivity index (χ2v) is 8.52. The van der Waals surface area contributed by atoms with E-state index in [1.807, 2.05) is 36.5 Å². The van der Waals surface area contributed by atoms with Crippen molar-refractivity contribution in [1.82, 2.24) is 20.3 Å². The molecule has 2 amide bonds. The largest absolute Gasteiger partial charge is 0.394 e. The van der Waals surface area contributed by atoms with E-state index in [0.29, 0.717) is 17.9 Å². The maximum absolute atomic E-state index is 12.3. The molecule has 2 aliphatic rings. The third-order valence-electron chi connectivity index (χ3n) is 6.27. The van der Waals surface area contributed by atoms with E-state index in [0.717, 1.165) is 44.9 Å². The summed E-state index contributed by atoms with van der Waals surface area (Å²) in [4.78, 5) is 12.3. The van der Waals surface area contributed by atoms with Gasteiger partial charge in [0.15, 0.2) is 0 Å². The summed E-state index contributed by atoms with van der Waals surface area (Å²) >= 11 is 0. The SMILES string of the molecule is O=C(Nc1ccccc1)N[C@H]1CC[C@@H](CCn2cc(C3(O)CCCC3)nn2)O[C@@H]1CO. The molecule has 1 aliphatic heterocycles. The number of nitrogens with zero attached hydrogens (tertiary/aromatic N) is 3. The Labute approximate surface area is 181 Å². The third-order valence-corrected chi connectivity index (χ3v) is 6.27. The van der Waals surface area contributed by atoms with Crippen LogP contribution in [0.4, 0.5) is 10.5 Å². The van der Waals surface area contributed by atoms with Crippen molar-refractivity contribution in [3.8, 4) is 0 Å². The Morgan fingerprint density at radius 3 is 2.74 bits per heavy atom. The standard InChI is InChI=1S/C22H31N5O4/c28-15-19-18(24-21(29)23-16-6-2-1-3-7-16)9-8-17(31-19)10-13-27-14-20(25-26-27)22(30)11-4-5-12-22/h1-3,6-7,14,17-19,28,30H,4-5,8-13,15H2,(H2,23,24,29)/t17-,18-,19+/m0/s1. The molecule has 9 heteroatoms. The van der Waals surface area contributed by atoms with Gasteiger partial charge in [-0.25, -0.2) is 4.79 Å². The summed E-state index contributed by atoms with van der Waals surface area (Å²) in [6.07, 6.45) is 7.07. The van der Waals surface area contributed by atoms with E-state index < -0.39 is 11.7 Å². The lowest BCUT2D eigenvalue weighted by Crippen LogP contribution is -2.52. The van der Waals surface area contributed by atoms with Crippen LogP contribution in [0.3, 0.4) is 0 Å². The van der Waals surface area contributed by atoms with Gasteiger partial charge in [0.2, 0.25) is 0 Å². The molecule has 1 aliphatic carbocycles. The van der Waals surface area contributed by atoms with Crippen molar-refractivity contribution in [1.29, 1.82) is 0 Å². The zero-order chi connectivity index (χ0) is 21.7. The summed E-state index contributed by atoms with van der Waals surface area (Å²) in [5, 5.41) is 34.5. The van der Waals surface area contributed by atoms with Crippen LogP contribution in [0.25, 0.3) is 0 Å². The maximum atomic E-state index is 12.3. The van der Waals surface area contributed by atoms with Crippen LogP contribution in [-0.2, 0) is 16.9 Å². The second kappa shape index (κ2) is 9.76. The number of carbonyl (C=O) groups is 1. The average Bonchev–Trinajstić information content (AvgIpc) is 3.44. The molecule has 1 saturated carbocycles. The summed E-state index contributed by atoms with van der Waals surface area (Å²) in [5.41, 5.74) is 0.530. The fourth-order valence-corrected chi connectivity index (χ4v) is 4.48. The molecule has 0 spiro atoms. The van der Waals surface area contributed by atoms with Crippen molar-refractivity contribution in [2.45, 2.75) is 75.3 Å². The third kappa shape index (κ3) is 5.41. The first-order valence-electron chi connectivity index (χ1n) is 11.1. The summed E-state index contributed by atoms with van der Waals surface area (Å²) < 4.78 is 7.79. The first-order chi connectivity index (χ1) is 15.1. The van der Waals surface area contributed by atoms with Gasteiger partial charge in [0, 0.05) is 12.2 Å². The molecule has 2 heterocycles. The van der Waals surface area contributed by atoms with Crippen LogP contribution in [-0.4, -0.2) is 56.1 Å². The van der Waals surface area contributed by atoms with Crippen molar-refractivity contribution >= 4 is 11.7 Å². The number of urea groups is 1. The van der Waals surface area contributed by atoms with E-state index in [2.05, 4.69) is 20.9 Å². The second-order valence-electron chi connectivity index (χ2n) is 8.52. The molecule has 1 saturated heterocycles. The van der Waals surface area contributed by atoms with Gasteiger partial charge < -0.3 is 25.6 Å². The van der Waals surface area contributed by atoms with Gasteiger partial charge in [0.05, 0.1) is 24.9 Å². The zero-order valence-electron chi connectivity index (χ0n) is 17.6. The van der Waals surface area contributed by atoms with Crippen molar-refractivity contribution < 1.29 is 19.7 Å². The first kappa shape index (κ1) is 21.7. The molecule has 0 bridgehead atoms. The van der Waals surface area contributed by atoms with Crippen LogP contribution in [0.15, 0.2) is 36.5 Å². The molecule has 4 N–H and O–H groups in total. The Balaban J connectivity index is 1.25. The number of hydrogen-bond acceptors (Lipinski definition) is 6. The summed E-state index contributed by atoms with van der Waals surface area (Å²) in [5.74, 6) is 0. The van der Waals surface area contributed by atoms with Gasteiger partial charge in [0.25, 0.3) is 0 Å². The number of aliphatic hydroxyl groups is 2. The van der Waals surface area contributed by atoms with Crippen LogP contribution >= 0.6 is 0 Å². The summed E-state index contributed by atoms with van der Waals surface area (Å²) in [6, 6.07) is 8.67. The number of carbonyl (C=O) groups excluding carboxylic acids is 1. The number of amides is 2. The van der Waals surface area contributed by atoms with Crippen LogP contribution in [0, 0.1) is 0 Å². The first-order valence-corrected chi connectivity index (χ1v) is 11.1. The van der Waals surface area contributed by atoms with Gasteiger partial charge in [-0.05, 0) is 44.2 Å². The molecule has 4 rings (SSSR count). The van der Waals surface area contributed by atoms with E-state index in [9.17, 15) is 15.0 Å². The van der Waals surface area contributed by atoms with E-state index in [1.165, 1.54) is 0 Å². The van der Waals surface area contributed by atoms with Crippen LogP contribution < -0.4 is 10.6 Å². The normalized spacial score (nSPS) is 25.3. The Morgan fingerprint density at radius 1 is 1.23 bits per heavy atom. The van der Waals surface area contributed by atoms with Gasteiger partial charge in [0.1, 0.15) is 17.4 Å². The summed E-state index contributed by atoms with van der Waals surface area (Å²) in [6.45, 7) is 0.464. The number of para-hydroxylation sites is 1. The molecular weight excluding hydrogens is 398 g/mol. The molecule has 2 fully saturated rings. The Bertz CT molecular complexity index is 853. The lowest BCUT2D eigenvalue weighted by atomic mass is 9.97. The van der Waals surface area contributed by atoms with Crippen LogP contribution in [0.2, 0.25) is 0 Å². The van der Waals surface area contributed by atoms with Crippen molar-refractivity contribution in [2.24, 2.45) is 0 Å². The minimum absolute atomic E-state index is 0.0328. The molecule has 168 valence electrons. The van der Waals surface area contributed by atoms with E-state index in [-0.39, 0.29) is 24.8 Å². The minimum atomic E-state index is -0.833. The van der Waals surface area contributed by atoms with E-state index >= 15 is 0 Å². The number of ether oxygens (including phenoxy) is 1.